The van der Waals surface area contributed by atoms with Gasteiger partial charge in [0.15, 0.2) is 0 Å². The van der Waals surface area contributed by atoms with E-state index in [-0.39, 0.29) is 6.23 Å². The molecule has 1 aliphatic heterocycles. The Labute approximate surface area is 78.7 Å². The summed E-state index contributed by atoms with van der Waals surface area (Å²) in [5.74, 6) is 0. The third kappa shape index (κ3) is 1.75. The summed E-state index contributed by atoms with van der Waals surface area (Å²) < 4.78 is 7.69. The molecule has 0 amide bonds. The van der Waals surface area contributed by atoms with Crippen LogP contribution in [0.15, 0.2) is 12.3 Å². The van der Waals surface area contributed by atoms with Crippen LogP contribution in [0.1, 0.15) is 38.1 Å². The lowest BCUT2D eigenvalue weighted by Gasteiger charge is -2.24. The molecule has 13 heavy (non-hydrogen) atoms. The zero-order chi connectivity index (χ0) is 9.10. The molecule has 0 saturated carbocycles. The van der Waals surface area contributed by atoms with E-state index in [2.05, 4.69) is 18.1 Å². The van der Waals surface area contributed by atoms with Crippen molar-refractivity contribution >= 4 is 0 Å². The molecule has 0 bridgehead atoms. The second-order valence-corrected chi connectivity index (χ2v) is 3.44. The van der Waals surface area contributed by atoms with Crippen LogP contribution < -0.4 is 0 Å². The van der Waals surface area contributed by atoms with Crippen LogP contribution in [0, 0.1) is 0 Å². The van der Waals surface area contributed by atoms with Crippen LogP contribution >= 0.6 is 0 Å². The number of hydrogen-bond donors (Lipinski definition) is 0. The van der Waals surface area contributed by atoms with Crippen LogP contribution in [0.25, 0.3) is 0 Å². The first-order valence-electron chi connectivity index (χ1n) is 5.06. The summed E-state index contributed by atoms with van der Waals surface area (Å²) in [7, 11) is 0. The minimum atomic E-state index is 0.193. The zero-order valence-corrected chi connectivity index (χ0v) is 8.07. The van der Waals surface area contributed by atoms with Crippen molar-refractivity contribution in [3.8, 4) is 0 Å². The van der Waals surface area contributed by atoms with E-state index in [1.54, 1.807) is 0 Å². The lowest BCUT2D eigenvalue weighted by molar-refractivity contribution is -0.0410. The lowest BCUT2D eigenvalue weighted by atomic mass is 10.2. The summed E-state index contributed by atoms with van der Waals surface area (Å²) in [5.41, 5.74) is 1.27. The summed E-state index contributed by atoms with van der Waals surface area (Å²) in [6, 6.07) is 2.07. The first-order chi connectivity index (χ1) is 6.42. The van der Waals surface area contributed by atoms with Gasteiger partial charge in [-0.05, 0) is 31.7 Å². The molecule has 72 valence electrons. The first-order valence-corrected chi connectivity index (χ1v) is 5.06. The van der Waals surface area contributed by atoms with Gasteiger partial charge in [-0.1, -0.05) is 6.92 Å². The highest BCUT2D eigenvalue weighted by Gasteiger charge is 2.17. The number of aromatic nitrogens is 2. The Kier molecular flexibility index (Phi) is 2.64. The smallest absolute Gasteiger partial charge is 0.150 e. The van der Waals surface area contributed by atoms with E-state index in [9.17, 15) is 0 Å². The Morgan fingerprint density at radius 2 is 2.54 bits per heavy atom. The van der Waals surface area contributed by atoms with Crippen molar-refractivity contribution in [2.45, 2.75) is 38.8 Å². The molecule has 1 aromatic heterocycles. The molecule has 3 heteroatoms. The van der Waals surface area contributed by atoms with E-state index in [1.165, 1.54) is 18.5 Å². The largest absolute Gasteiger partial charge is 0.357 e. The fourth-order valence-electron chi connectivity index (χ4n) is 1.80. The standard InChI is InChI=1S/C10H16N2O/c1-2-9-6-7-11-12(9)10-5-3-4-8-13-10/h6-7,10H,2-5,8H2,1H3. The molecule has 1 aliphatic rings. The van der Waals surface area contributed by atoms with Crippen molar-refractivity contribution in [2.24, 2.45) is 0 Å². The van der Waals surface area contributed by atoms with Crippen LogP contribution in [0.2, 0.25) is 0 Å². The van der Waals surface area contributed by atoms with Crippen molar-refractivity contribution in [2.75, 3.05) is 6.61 Å². The van der Waals surface area contributed by atoms with Crippen LogP contribution in [-0.2, 0) is 11.2 Å². The predicted octanol–water partition coefficient (Wildman–Crippen LogP) is 2.14. The van der Waals surface area contributed by atoms with Crippen LogP contribution in [0.4, 0.5) is 0 Å². The summed E-state index contributed by atoms with van der Waals surface area (Å²) in [5, 5.41) is 4.30. The average Bonchev–Trinajstić information content (AvgIpc) is 2.67. The second-order valence-electron chi connectivity index (χ2n) is 3.44. The van der Waals surface area contributed by atoms with Gasteiger partial charge < -0.3 is 4.74 Å². The quantitative estimate of drug-likeness (QED) is 0.697. The maximum absolute atomic E-state index is 5.67. The highest BCUT2D eigenvalue weighted by molar-refractivity contribution is 5.00. The van der Waals surface area contributed by atoms with Gasteiger partial charge in [0.25, 0.3) is 0 Å². The number of aryl methyl sites for hydroxylation is 1. The van der Waals surface area contributed by atoms with Gasteiger partial charge >= 0.3 is 0 Å². The molecular weight excluding hydrogens is 164 g/mol. The molecule has 1 aromatic rings. The van der Waals surface area contributed by atoms with Crippen molar-refractivity contribution in [1.82, 2.24) is 9.78 Å². The van der Waals surface area contributed by atoms with Crippen molar-refractivity contribution in [3.05, 3.63) is 18.0 Å². The van der Waals surface area contributed by atoms with Gasteiger partial charge in [-0.15, -0.1) is 0 Å². The topological polar surface area (TPSA) is 27.1 Å². The molecule has 1 saturated heterocycles. The number of rotatable bonds is 2. The average molecular weight is 180 g/mol. The molecule has 2 heterocycles. The van der Waals surface area contributed by atoms with Crippen molar-refractivity contribution in [3.63, 3.8) is 0 Å². The van der Waals surface area contributed by atoms with E-state index < -0.39 is 0 Å². The Balaban J connectivity index is 2.13. The summed E-state index contributed by atoms with van der Waals surface area (Å²) >= 11 is 0. The fourth-order valence-corrected chi connectivity index (χ4v) is 1.80. The fraction of sp³-hybridized carbons (Fsp3) is 0.700. The highest BCUT2D eigenvalue weighted by atomic mass is 16.5. The molecule has 0 N–H and O–H groups in total. The van der Waals surface area contributed by atoms with Gasteiger partial charge in [0, 0.05) is 18.5 Å². The normalized spacial score (nSPS) is 23.3. The van der Waals surface area contributed by atoms with Crippen LogP contribution in [0.5, 0.6) is 0 Å². The van der Waals surface area contributed by atoms with Gasteiger partial charge in [0.05, 0.1) is 0 Å². The molecule has 0 aromatic carbocycles. The summed E-state index contributed by atoms with van der Waals surface area (Å²) in [6.07, 6.45) is 6.64. The molecular formula is C10H16N2O. The van der Waals surface area contributed by atoms with E-state index in [0.29, 0.717) is 0 Å². The molecule has 0 radical (unpaired) electrons. The molecule has 0 spiro atoms. The van der Waals surface area contributed by atoms with E-state index in [1.807, 2.05) is 10.9 Å². The molecule has 0 aliphatic carbocycles. The Hall–Kier alpha value is -0.830. The van der Waals surface area contributed by atoms with E-state index in [4.69, 9.17) is 4.74 Å². The third-order valence-electron chi connectivity index (χ3n) is 2.54. The Bertz CT molecular complexity index is 264. The van der Waals surface area contributed by atoms with Gasteiger partial charge in [-0.25, -0.2) is 4.68 Å². The maximum atomic E-state index is 5.67. The predicted molar refractivity (Wildman–Crippen MR) is 50.4 cm³/mol. The summed E-state index contributed by atoms with van der Waals surface area (Å²) in [4.78, 5) is 0. The van der Waals surface area contributed by atoms with Gasteiger partial charge in [-0.2, -0.15) is 5.10 Å². The van der Waals surface area contributed by atoms with Gasteiger partial charge in [0.1, 0.15) is 6.23 Å². The van der Waals surface area contributed by atoms with Crippen LogP contribution in [0.3, 0.4) is 0 Å². The van der Waals surface area contributed by atoms with Crippen LogP contribution in [-0.4, -0.2) is 16.4 Å². The number of nitrogens with zero attached hydrogens (tertiary/aromatic N) is 2. The minimum absolute atomic E-state index is 0.193. The first kappa shape index (κ1) is 8.75. The number of ether oxygens (including phenoxy) is 1. The molecule has 1 fully saturated rings. The molecule has 1 atom stereocenters. The molecule has 1 unspecified atom stereocenters. The maximum Gasteiger partial charge on any atom is 0.150 e. The van der Waals surface area contributed by atoms with Crippen molar-refractivity contribution < 1.29 is 4.74 Å². The molecule has 2 rings (SSSR count). The van der Waals surface area contributed by atoms with Gasteiger partial charge in [0.2, 0.25) is 0 Å². The second kappa shape index (κ2) is 3.92. The summed E-state index contributed by atoms with van der Waals surface area (Å²) in [6.45, 7) is 3.03. The molecule has 3 nitrogen and oxygen atoms in total. The Morgan fingerprint density at radius 3 is 3.23 bits per heavy atom. The highest BCUT2D eigenvalue weighted by Crippen LogP contribution is 2.22. The van der Waals surface area contributed by atoms with Crippen molar-refractivity contribution in [1.29, 1.82) is 0 Å². The third-order valence-corrected chi connectivity index (χ3v) is 2.54. The monoisotopic (exact) mass is 180 g/mol. The zero-order valence-electron chi connectivity index (χ0n) is 8.07. The lowest BCUT2D eigenvalue weighted by Crippen LogP contribution is -2.20. The SMILES string of the molecule is CCc1ccnn1C1CCCCO1. The number of hydrogen-bond acceptors (Lipinski definition) is 2. The van der Waals surface area contributed by atoms with E-state index >= 15 is 0 Å². The van der Waals surface area contributed by atoms with Gasteiger partial charge in [-0.3, -0.25) is 0 Å². The Morgan fingerprint density at radius 1 is 1.62 bits per heavy atom. The minimum Gasteiger partial charge on any atom is -0.357 e. The van der Waals surface area contributed by atoms with E-state index in [0.717, 1.165) is 19.4 Å².